The van der Waals surface area contributed by atoms with Gasteiger partial charge in [-0.05, 0) is 62.1 Å². The highest BCUT2D eigenvalue weighted by atomic mass is 35.5. The van der Waals surface area contributed by atoms with Gasteiger partial charge in [-0.25, -0.2) is 4.98 Å². The molecule has 1 atom stereocenters. The van der Waals surface area contributed by atoms with Crippen LogP contribution >= 0.6 is 11.6 Å². The Morgan fingerprint density at radius 1 is 1.28 bits per heavy atom. The Kier molecular flexibility index (Phi) is 7.64. The molecule has 0 saturated heterocycles. The Balaban J connectivity index is 2.14. The smallest absolute Gasteiger partial charge is 0.305 e. The summed E-state index contributed by atoms with van der Waals surface area (Å²) < 4.78 is 11.5. The molecule has 0 aliphatic rings. The second kappa shape index (κ2) is 10.4. The van der Waals surface area contributed by atoms with E-state index in [1.165, 1.54) is 10.9 Å². The van der Waals surface area contributed by atoms with Gasteiger partial charge in [-0.15, -0.1) is 0 Å². The van der Waals surface area contributed by atoms with Gasteiger partial charge >= 0.3 is 5.97 Å². The standard InChI is InChI=1S/C24H25ClN2O5/c1-4-32-21(29)10-9-17(12-31-14-28)22-15(2)11-19-23(16(22)3)24(30)27(13-26-19)20-8-6-5-7-18(20)25/h5-8,11,13-14,17H,4,9-10,12H2,1-3H3. The van der Waals surface area contributed by atoms with Gasteiger partial charge in [0.25, 0.3) is 12.0 Å². The van der Waals surface area contributed by atoms with Crippen LogP contribution in [-0.2, 0) is 19.1 Å². The van der Waals surface area contributed by atoms with Gasteiger partial charge in [0.1, 0.15) is 6.33 Å². The monoisotopic (exact) mass is 456 g/mol. The van der Waals surface area contributed by atoms with Gasteiger partial charge in [0.2, 0.25) is 0 Å². The van der Waals surface area contributed by atoms with E-state index in [1.807, 2.05) is 19.9 Å². The molecule has 0 spiro atoms. The summed E-state index contributed by atoms with van der Waals surface area (Å²) in [5.41, 5.74) is 3.36. The van der Waals surface area contributed by atoms with Crippen LogP contribution < -0.4 is 5.56 Å². The molecule has 1 heterocycles. The fourth-order valence-electron chi connectivity index (χ4n) is 4.08. The van der Waals surface area contributed by atoms with Gasteiger partial charge in [0.05, 0.1) is 34.8 Å². The van der Waals surface area contributed by atoms with Crippen LogP contribution in [0.15, 0.2) is 41.5 Å². The topological polar surface area (TPSA) is 87.5 Å². The first-order valence-corrected chi connectivity index (χ1v) is 10.7. The molecule has 3 rings (SSSR count). The third-order valence-electron chi connectivity index (χ3n) is 5.45. The largest absolute Gasteiger partial charge is 0.467 e. The average molecular weight is 457 g/mol. The summed E-state index contributed by atoms with van der Waals surface area (Å²) in [5.74, 6) is -0.593. The van der Waals surface area contributed by atoms with E-state index < -0.39 is 0 Å². The SMILES string of the molecule is CCOC(=O)CCC(COC=O)c1c(C)cc2ncn(-c3ccccc3Cl)c(=O)c2c1C. The number of carbonyl (C=O) groups excluding carboxylic acids is 2. The molecule has 0 N–H and O–H groups in total. The highest BCUT2D eigenvalue weighted by molar-refractivity contribution is 6.32. The van der Waals surface area contributed by atoms with E-state index >= 15 is 0 Å². The number of fused-ring (bicyclic) bond motifs is 1. The van der Waals surface area contributed by atoms with Gasteiger partial charge in [-0.1, -0.05) is 23.7 Å². The number of rotatable bonds is 9. The fourth-order valence-corrected chi connectivity index (χ4v) is 4.31. The number of aromatic nitrogens is 2. The molecular formula is C24H25ClN2O5. The molecular weight excluding hydrogens is 432 g/mol. The van der Waals surface area contributed by atoms with E-state index in [9.17, 15) is 14.4 Å². The Morgan fingerprint density at radius 3 is 2.72 bits per heavy atom. The number of halogens is 1. The summed E-state index contributed by atoms with van der Waals surface area (Å²) in [7, 11) is 0. The molecule has 3 aromatic rings. The Labute approximate surface area is 190 Å². The summed E-state index contributed by atoms with van der Waals surface area (Å²) in [6.07, 6.45) is 2.06. The number of ether oxygens (including phenoxy) is 2. The number of para-hydroxylation sites is 1. The van der Waals surface area contributed by atoms with Crippen molar-refractivity contribution in [3.05, 3.63) is 68.7 Å². The van der Waals surface area contributed by atoms with E-state index in [0.29, 0.717) is 41.1 Å². The number of hydrogen-bond donors (Lipinski definition) is 0. The number of hydrogen-bond acceptors (Lipinski definition) is 6. The van der Waals surface area contributed by atoms with Crippen molar-refractivity contribution in [1.82, 2.24) is 9.55 Å². The number of carbonyl (C=O) groups is 2. The van der Waals surface area contributed by atoms with Crippen LogP contribution in [0.4, 0.5) is 0 Å². The Morgan fingerprint density at radius 2 is 2.03 bits per heavy atom. The van der Waals surface area contributed by atoms with Gasteiger partial charge in [0, 0.05) is 12.3 Å². The lowest BCUT2D eigenvalue weighted by Gasteiger charge is -2.22. The molecule has 0 aliphatic carbocycles. The Hall–Kier alpha value is -3.19. The average Bonchev–Trinajstić information content (AvgIpc) is 2.76. The maximum absolute atomic E-state index is 13.5. The zero-order valence-corrected chi connectivity index (χ0v) is 19.0. The molecule has 2 aromatic carbocycles. The molecule has 0 saturated carbocycles. The van der Waals surface area contributed by atoms with Crippen LogP contribution in [0.25, 0.3) is 16.6 Å². The molecule has 0 bridgehead atoms. The molecule has 0 radical (unpaired) electrons. The summed E-state index contributed by atoms with van der Waals surface area (Å²) in [4.78, 5) is 40.7. The van der Waals surface area contributed by atoms with Crippen molar-refractivity contribution in [3.8, 4) is 5.69 Å². The maximum Gasteiger partial charge on any atom is 0.305 e. The van der Waals surface area contributed by atoms with E-state index in [4.69, 9.17) is 21.1 Å². The molecule has 1 aromatic heterocycles. The van der Waals surface area contributed by atoms with Gasteiger partial charge in [0.15, 0.2) is 0 Å². The lowest BCUT2D eigenvalue weighted by atomic mass is 9.86. The predicted octanol–water partition coefficient (Wildman–Crippen LogP) is 4.26. The lowest BCUT2D eigenvalue weighted by molar-refractivity contribution is -0.143. The molecule has 8 heteroatoms. The van der Waals surface area contributed by atoms with Crippen molar-refractivity contribution in [2.45, 2.75) is 39.5 Å². The molecule has 168 valence electrons. The van der Waals surface area contributed by atoms with Crippen molar-refractivity contribution in [2.24, 2.45) is 0 Å². The van der Waals surface area contributed by atoms with Gasteiger partial charge in [-0.2, -0.15) is 0 Å². The fraction of sp³-hybridized carbons (Fsp3) is 0.333. The van der Waals surface area contributed by atoms with Crippen LogP contribution in [0.5, 0.6) is 0 Å². The third kappa shape index (κ3) is 4.83. The van der Waals surface area contributed by atoms with Crippen molar-refractivity contribution in [3.63, 3.8) is 0 Å². The normalized spacial score (nSPS) is 11.9. The first-order chi connectivity index (χ1) is 15.4. The summed E-state index contributed by atoms with van der Waals surface area (Å²) in [5, 5.41) is 0.896. The van der Waals surface area contributed by atoms with Crippen LogP contribution in [0.1, 0.15) is 42.4 Å². The first kappa shape index (κ1) is 23.5. The van der Waals surface area contributed by atoms with E-state index in [-0.39, 0.29) is 30.5 Å². The Bertz CT molecular complexity index is 1200. The second-order valence-corrected chi connectivity index (χ2v) is 7.87. The zero-order chi connectivity index (χ0) is 23.3. The molecule has 1 unspecified atom stereocenters. The molecule has 0 amide bonds. The minimum absolute atomic E-state index is 0.0923. The minimum Gasteiger partial charge on any atom is -0.467 e. The van der Waals surface area contributed by atoms with Gasteiger partial charge in [-0.3, -0.25) is 19.0 Å². The van der Waals surface area contributed by atoms with E-state index in [0.717, 1.165) is 16.7 Å². The lowest BCUT2D eigenvalue weighted by Crippen LogP contribution is -2.22. The zero-order valence-electron chi connectivity index (χ0n) is 18.3. The van der Waals surface area contributed by atoms with E-state index in [1.54, 1.807) is 31.2 Å². The summed E-state index contributed by atoms with van der Waals surface area (Å²) >= 11 is 6.30. The summed E-state index contributed by atoms with van der Waals surface area (Å²) in [6, 6.07) is 8.89. The second-order valence-electron chi connectivity index (χ2n) is 7.47. The van der Waals surface area contributed by atoms with Crippen molar-refractivity contribution in [1.29, 1.82) is 0 Å². The summed E-state index contributed by atoms with van der Waals surface area (Å²) in [6.45, 7) is 6.30. The quantitative estimate of drug-likeness (QED) is 0.353. The van der Waals surface area contributed by atoms with Crippen molar-refractivity contribution >= 4 is 34.9 Å². The number of aryl methyl sites for hydroxylation is 2. The third-order valence-corrected chi connectivity index (χ3v) is 5.77. The number of nitrogens with zero attached hydrogens (tertiary/aromatic N) is 2. The minimum atomic E-state index is -0.317. The number of benzene rings is 2. The van der Waals surface area contributed by atoms with Crippen molar-refractivity contribution in [2.75, 3.05) is 13.2 Å². The molecule has 32 heavy (non-hydrogen) atoms. The molecule has 0 fully saturated rings. The van der Waals surface area contributed by atoms with Crippen LogP contribution in [0.3, 0.4) is 0 Å². The predicted molar refractivity (Wildman–Crippen MR) is 122 cm³/mol. The van der Waals surface area contributed by atoms with Gasteiger partial charge < -0.3 is 9.47 Å². The van der Waals surface area contributed by atoms with Crippen LogP contribution in [-0.4, -0.2) is 35.2 Å². The van der Waals surface area contributed by atoms with Crippen LogP contribution in [0, 0.1) is 13.8 Å². The van der Waals surface area contributed by atoms with Crippen LogP contribution in [0.2, 0.25) is 5.02 Å². The maximum atomic E-state index is 13.5. The van der Waals surface area contributed by atoms with E-state index in [2.05, 4.69) is 4.98 Å². The number of esters is 1. The first-order valence-electron chi connectivity index (χ1n) is 10.4. The highest BCUT2D eigenvalue weighted by Crippen LogP contribution is 2.32. The van der Waals surface area contributed by atoms with Crippen molar-refractivity contribution < 1.29 is 19.1 Å². The molecule has 7 nitrogen and oxygen atoms in total. The molecule has 0 aliphatic heterocycles. The highest BCUT2D eigenvalue weighted by Gasteiger charge is 2.22.